The summed E-state index contributed by atoms with van der Waals surface area (Å²) in [5.74, 6) is 0. The van der Waals surface area contributed by atoms with Crippen molar-refractivity contribution in [1.82, 2.24) is 10.2 Å². The normalized spacial score (nSPS) is 11.6. The number of nitrogens with one attached hydrogen (secondary N) is 1. The molecular formula is C24H32N2O4. The molecule has 6 nitrogen and oxygen atoms in total. The number of ether oxygens (including phenoxy) is 1. The molecule has 2 aromatic rings. The second-order valence-electron chi connectivity index (χ2n) is 7.69. The number of nitrogens with zero attached hydrogens (tertiary/aromatic N) is 1. The average Bonchev–Trinajstić information content (AvgIpc) is 2.72. The van der Waals surface area contributed by atoms with E-state index in [2.05, 4.69) is 5.32 Å². The Balaban J connectivity index is 2.08. The van der Waals surface area contributed by atoms with Crippen molar-refractivity contribution in [2.75, 3.05) is 6.61 Å². The van der Waals surface area contributed by atoms with Gasteiger partial charge in [0.25, 0.3) is 0 Å². The summed E-state index contributed by atoms with van der Waals surface area (Å²) in [7, 11) is 0. The van der Waals surface area contributed by atoms with Gasteiger partial charge in [-0.1, -0.05) is 79.4 Å². The van der Waals surface area contributed by atoms with Gasteiger partial charge in [-0.15, -0.1) is 0 Å². The number of carbonyl (C=O) groups excluding carboxylic acids is 1. The van der Waals surface area contributed by atoms with Gasteiger partial charge in [-0.3, -0.25) is 4.90 Å². The van der Waals surface area contributed by atoms with E-state index in [0.717, 1.165) is 35.1 Å². The van der Waals surface area contributed by atoms with E-state index < -0.39 is 18.2 Å². The second kappa shape index (κ2) is 11.9. The summed E-state index contributed by atoms with van der Waals surface area (Å²) in [5, 5.41) is 11.5. The van der Waals surface area contributed by atoms with E-state index in [4.69, 9.17) is 9.84 Å². The van der Waals surface area contributed by atoms with Crippen LogP contribution in [0.1, 0.15) is 48.4 Å². The predicted molar refractivity (Wildman–Crippen MR) is 117 cm³/mol. The van der Waals surface area contributed by atoms with Crippen LogP contribution < -0.4 is 5.32 Å². The molecule has 1 atom stereocenters. The highest BCUT2D eigenvalue weighted by molar-refractivity contribution is 5.68. The van der Waals surface area contributed by atoms with E-state index in [9.17, 15) is 9.59 Å². The standard InChI is InChI=1S/C24H32N2O4/c1-4-5-6-22(25-23(27)28)17-30-24(29)26(15-20-11-7-18(2)8-12-20)16-21-13-9-19(3)10-14-21/h7-14,22,25H,4-6,15-17H2,1-3H3,(H,27,28)/t22-/m0/s1. The predicted octanol–water partition coefficient (Wildman–Crippen LogP) is 5.27. The summed E-state index contributed by atoms with van der Waals surface area (Å²) >= 11 is 0. The van der Waals surface area contributed by atoms with Crippen LogP contribution in [0.25, 0.3) is 0 Å². The molecule has 30 heavy (non-hydrogen) atoms. The fourth-order valence-corrected chi connectivity index (χ4v) is 3.10. The Bertz CT molecular complexity index is 755. The minimum atomic E-state index is -1.11. The summed E-state index contributed by atoms with van der Waals surface area (Å²) in [6, 6.07) is 15.7. The van der Waals surface area contributed by atoms with Crippen molar-refractivity contribution in [3.63, 3.8) is 0 Å². The Hall–Kier alpha value is -3.02. The zero-order valence-electron chi connectivity index (χ0n) is 18.1. The van der Waals surface area contributed by atoms with Crippen LogP contribution in [0.3, 0.4) is 0 Å². The number of amides is 2. The molecule has 2 N–H and O–H groups in total. The minimum absolute atomic E-state index is 0.0173. The molecule has 0 saturated carbocycles. The van der Waals surface area contributed by atoms with Gasteiger partial charge < -0.3 is 15.2 Å². The molecule has 0 heterocycles. The molecule has 0 unspecified atom stereocenters. The van der Waals surface area contributed by atoms with Crippen LogP contribution in [0.5, 0.6) is 0 Å². The lowest BCUT2D eigenvalue weighted by atomic mass is 10.1. The van der Waals surface area contributed by atoms with Crippen LogP contribution in [0.4, 0.5) is 9.59 Å². The van der Waals surface area contributed by atoms with Crippen molar-refractivity contribution in [3.8, 4) is 0 Å². The molecule has 0 spiro atoms. The topological polar surface area (TPSA) is 78.9 Å². The lowest BCUT2D eigenvalue weighted by Gasteiger charge is -2.24. The third-order valence-electron chi connectivity index (χ3n) is 4.89. The second-order valence-corrected chi connectivity index (χ2v) is 7.69. The smallest absolute Gasteiger partial charge is 0.410 e. The Morgan fingerprint density at radius 3 is 1.90 bits per heavy atom. The first-order valence-corrected chi connectivity index (χ1v) is 10.4. The van der Waals surface area contributed by atoms with E-state index >= 15 is 0 Å². The van der Waals surface area contributed by atoms with Gasteiger partial charge >= 0.3 is 12.2 Å². The Morgan fingerprint density at radius 1 is 0.967 bits per heavy atom. The van der Waals surface area contributed by atoms with Gasteiger partial charge in [0.2, 0.25) is 0 Å². The molecule has 2 aromatic carbocycles. The molecule has 2 rings (SSSR count). The van der Waals surface area contributed by atoms with Gasteiger partial charge in [-0.2, -0.15) is 0 Å². The molecule has 0 radical (unpaired) electrons. The van der Waals surface area contributed by atoms with Gasteiger partial charge in [0, 0.05) is 13.1 Å². The van der Waals surface area contributed by atoms with Gasteiger partial charge in [0.1, 0.15) is 6.61 Å². The van der Waals surface area contributed by atoms with Crippen molar-refractivity contribution in [2.45, 2.75) is 59.2 Å². The van der Waals surface area contributed by atoms with E-state index in [1.54, 1.807) is 4.90 Å². The maximum Gasteiger partial charge on any atom is 0.410 e. The molecule has 0 aliphatic rings. The highest BCUT2D eigenvalue weighted by Gasteiger charge is 2.19. The lowest BCUT2D eigenvalue weighted by Crippen LogP contribution is -2.40. The van der Waals surface area contributed by atoms with E-state index in [1.165, 1.54) is 0 Å². The Kier molecular flexibility index (Phi) is 9.19. The molecule has 0 saturated heterocycles. The van der Waals surface area contributed by atoms with Crippen molar-refractivity contribution in [1.29, 1.82) is 0 Å². The van der Waals surface area contributed by atoms with Crippen LogP contribution >= 0.6 is 0 Å². The number of benzene rings is 2. The number of hydrogen-bond acceptors (Lipinski definition) is 3. The number of hydrogen-bond donors (Lipinski definition) is 2. The average molecular weight is 413 g/mol. The van der Waals surface area contributed by atoms with Crippen LogP contribution in [0, 0.1) is 13.8 Å². The summed E-state index contributed by atoms with van der Waals surface area (Å²) in [6.07, 6.45) is 0.872. The monoisotopic (exact) mass is 412 g/mol. The van der Waals surface area contributed by atoms with E-state index in [1.807, 2.05) is 69.3 Å². The molecule has 0 bridgehead atoms. The summed E-state index contributed by atoms with van der Waals surface area (Å²) in [6.45, 7) is 6.93. The van der Waals surface area contributed by atoms with Gasteiger partial charge in [-0.05, 0) is 31.4 Å². The maximum atomic E-state index is 12.9. The number of rotatable bonds is 10. The molecule has 0 aliphatic carbocycles. The lowest BCUT2D eigenvalue weighted by molar-refractivity contribution is 0.0857. The van der Waals surface area contributed by atoms with Crippen LogP contribution in [-0.2, 0) is 17.8 Å². The first-order chi connectivity index (χ1) is 14.4. The van der Waals surface area contributed by atoms with Crippen LogP contribution in [0.2, 0.25) is 0 Å². The fourth-order valence-electron chi connectivity index (χ4n) is 3.10. The largest absolute Gasteiger partial charge is 0.465 e. The Labute approximate surface area is 178 Å². The third kappa shape index (κ3) is 8.15. The maximum absolute atomic E-state index is 12.9. The van der Waals surface area contributed by atoms with Gasteiger partial charge in [-0.25, -0.2) is 9.59 Å². The Morgan fingerprint density at radius 2 is 1.47 bits per heavy atom. The molecule has 2 amide bonds. The molecule has 162 valence electrons. The summed E-state index contributed by atoms with van der Waals surface area (Å²) in [4.78, 5) is 25.6. The number of unbranched alkanes of at least 4 members (excludes halogenated alkanes) is 1. The SMILES string of the molecule is CCCC[C@@H](COC(=O)N(Cc1ccc(C)cc1)Cc1ccc(C)cc1)NC(=O)O. The fraction of sp³-hybridized carbons (Fsp3) is 0.417. The quantitative estimate of drug-likeness (QED) is 0.557. The minimum Gasteiger partial charge on any atom is -0.465 e. The molecule has 0 fully saturated rings. The first-order valence-electron chi connectivity index (χ1n) is 10.4. The van der Waals surface area contributed by atoms with Crippen molar-refractivity contribution in [3.05, 3.63) is 70.8 Å². The molecule has 6 heteroatoms. The zero-order chi connectivity index (χ0) is 21.9. The number of aryl methyl sites for hydroxylation is 2. The van der Waals surface area contributed by atoms with E-state index in [-0.39, 0.29) is 6.61 Å². The van der Waals surface area contributed by atoms with Crippen LogP contribution in [-0.4, -0.2) is 34.8 Å². The summed E-state index contributed by atoms with van der Waals surface area (Å²) < 4.78 is 5.52. The van der Waals surface area contributed by atoms with Crippen LogP contribution in [0.15, 0.2) is 48.5 Å². The number of carbonyl (C=O) groups is 2. The van der Waals surface area contributed by atoms with Crippen molar-refractivity contribution >= 4 is 12.2 Å². The molecule has 0 aliphatic heterocycles. The number of carboxylic acid groups (broad SMARTS) is 1. The van der Waals surface area contributed by atoms with Gasteiger partial charge in [0.15, 0.2) is 0 Å². The van der Waals surface area contributed by atoms with E-state index in [0.29, 0.717) is 19.5 Å². The highest BCUT2D eigenvalue weighted by atomic mass is 16.6. The molecular weight excluding hydrogens is 380 g/mol. The van der Waals surface area contributed by atoms with Gasteiger partial charge in [0.05, 0.1) is 6.04 Å². The highest BCUT2D eigenvalue weighted by Crippen LogP contribution is 2.14. The van der Waals surface area contributed by atoms with Crippen molar-refractivity contribution < 1.29 is 19.4 Å². The zero-order valence-corrected chi connectivity index (χ0v) is 18.1. The first kappa shape index (κ1) is 23.3. The molecule has 0 aromatic heterocycles. The summed E-state index contributed by atoms with van der Waals surface area (Å²) in [5.41, 5.74) is 4.33. The third-order valence-corrected chi connectivity index (χ3v) is 4.89. The van der Waals surface area contributed by atoms with Crippen molar-refractivity contribution in [2.24, 2.45) is 0 Å².